The summed E-state index contributed by atoms with van der Waals surface area (Å²) < 4.78 is 10.9. The van der Waals surface area contributed by atoms with Crippen LogP contribution in [0.4, 0.5) is 5.00 Å². The number of rotatable bonds is 7. The molecule has 0 aliphatic carbocycles. The highest BCUT2D eigenvalue weighted by Gasteiger charge is 2.20. The summed E-state index contributed by atoms with van der Waals surface area (Å²) >= 11 is 1.80. The second kappa shape index (κ2) is 10.6. The lowest BCUT2D eigenvalue weighted by Crippen LogP contribution is -2.48. The van der Waals surface area contributed by atoms with Gasteiger partial charge in [0.2, 0.25) is 0 Å². The number of benzene rings is 1. The Morgan fingerprint density at radius 1 is 1.31 bits per heavy atom. The minimum absolute atomic E-state index is 0.209. The molecule has 1 aliphatic rings. The minimum Gasteiger partial charge on any atom is -0.493 e. The van der Waals surface area contributed by atoms with Crippen LogP contribution in [-0.4, -0.2) is 45.9 Å². The summed E-state index contributed by atoms with van der Waals surface area (Å²) in [5.74, 6) is 4.60. The van der Waals surface area contributed by atoms with Crippen molar-refractivity contribution < 1.29 is 9.47 Å². The van der Waals surface area contributed by atoms with Crippen molar-refractivity contribution in [2.75, 3.05) is 38.8 Å². The average molecular weight is 413 g/mol. The molecule has 3 rings (SSSR count). The first-order valence-corrected chi connectivity index (χ1v) is 10.6. The van der Waals surface area contributed by atoms with Crippen LogP contribution in [0.15, 0.2) is 40.7 Å². The largest absolute Gasteiger partial charge is 0.493 e. The molecule has 2 N–H and O–H groups in total. The first kappa shape index (κ1) is 20.9. The fourth-order valence-corrected chi connectivity index (χ4v) is 4.12. The summed E-state index contributed by atoms with van der Waals surface area (Å²) in [6, 6.07) is 10.5. The molecule has 0 saturated carbocycles. The molecule has 1 aromatic carbocycles. The zero-order chi connectivity index (χ0) is 20.5. The molecule has 6 nitrogen and oxygen atoms in total. The molecular weight excluding hydrogens is 384 g/mol. The Balaban J connectivity index is 1.50. The predicted molar refractivity (Wildman–Crippen MR) is 120 cm³/mol. The molecule has 0 spiro atoms. The number of nitrogens with zero attached hydrogens (tertiary/aromatic N) is 2. The van der Waals surface area contributed by atoms with Crippen molar-refractivity contribution in [3.8, 4) is 23.8 Å². The van der Waals surface area contributed by atoms with Gasteiger partial charge in [0.15, 0.2) is 17.5 Å². The highest BCUT2D eigenvalue weighted by atomic mass is 32.1. The molecule has 0 bridgehead atoms. The van der Waals surface area contributed by atoms with E-state index in [4.69, 9.17) is 15.9 Å². The van der Waals surface area contributed by atoms with E-state index in [2.05, 4.69) is 44.0 Å². The molecule has 1 aromatic heterocycles. The van der Waals surface area contributed by atoms with Gasteiger partial charge in [-0.15, -0.1) is 17.8 Å². The topological polar surface area (TPSA) is 58.1 Å². The van der Waals surface area contributed by atoms with Crippen molar-refractivity contribution in [1.82, 2.24) is 10.6 Å². The second-order valence-corrected chi connectivity index (χ2v) is 7.69. The number of ether oxygens (including phenoxy) is 2. The van der Waals surface area contributed by atoms with E-state index in [0.29, 0.717) is 24.1 Å². The lowest BCUT2D eigenvalue weighted by atomic mass is 10.1. The van der Waals surface area contributed by atoms with E-state index in [0.717, 1.165) is 37.5 Å². The van der Waals surface area contributed by atoms with Gasteiger partial charge in [0.1, 0.15) is 6.61 Å². The van der Waals surface area contributed by atoms with Crippen LogP contribution in [-0.2, 0) is 6.54 Å². The third-order valence-corrected chi connectivity index (χ3v) is 5.81. The number of piperidine rings is 1. The van der Waals surface area contributed by atoms with E-state index in [1.165, 1.54) is 5.00 Å². The van der Waals surface area contributed by atoms with Gasteiger partial charge in [-0.25, -0.2) is 0 Å². The van der Waals surface area contributed by atoms with Crippen LogP contribution in [0, 0.1) is 12.3 Å². The molecule has 154 valence electrons. The Morgan fingerprint density at radius 3 is 2.79 bits per heavy atom. The maximum absolute atomic E-state index is 5.57. The van der Waals surface area contributed by atoms with E-state index in [1.807, 2.05) is 18.2 Å². The Labute approximate surface area is 176 Å². The Morgan fingerprint density at radius 2 is 2.14 bits per heavy atom. The molecule has 1 saturated heterocycles. The molecule has 2 aromatic rings. The number of nitrogens with one attached hydrogen (secondary N) is 2. The van der Waals surface area contributed by atoms with E-state index < -0.39 is 0 Å². The van der Waals surface area contributed by atoms with Crippen LogP contribution in [0.2, 0.25) is 0 Å². The monoisotopic (exact) mass is 412 g/mol. The molecule has 0 unspecified atom stereocenters. The Bertz CT molecular complexity index is 837. The molecule has 2 heterocycles. The summed E-state index contributed by atoms with van der Waals surface area (Å²) in [5.41, 5.74) is 1.06. The van der Waals surface area contributed by atoms with Gasteiger partial charge in [-0.05, 0) is 48.1 Å². The quantitative estimate of drug-likeness (QED) is 0.416. The fourth-order valence-electron chi connectivity index (χ4n) is 3.33. The number of terminal acetylenes is 1. The number of hydrogen-bond donors (Lipinski definition) is 2. The van der Waals surface area contributed by atoms with Gasteiger partial charge in [0, 0.05) is 32.7 Å². The van der Waals surface area contributed by atoms with Crippen LogP contribution in [0.5, 0.6) is 11.5 Å². The molecular formula is C22H28N4O2S. The number of anilines is 1. The fraction of sp³-hybridized carbons (Fsp3) is 0.409. The molecule has 0 amide bonds. The smallest absolute Gasteiger partial charge is 0.191 e. The van der Waals surface area contributed by atoms with Crippen molar-refractivity contribution in [3.63, 3.8) is 0 Å². The standard InChI is InChI=1S/C22H28N4O2S/c1-4-13-28-20-15-17(7-8-19(20)27-3)16-24-22(23-2)25-18-9-11-26(12-10-18)21-6-5-14-29-21/h1,5-8,14-15,18H,9-13,16H2,2-3H3,(H2,23,24,25). The summed E-state index contributed by atoms with van der Waals surface area (Å²) in [7, 11) is 3.41. The first-order chi connectivity index (χ1) is 14.2. The van der Waals surface area contributed by atoms with Crippen LogP contribution >= 0.6 is 11.3 Å². The number of hydrogen-bond acceptors (Lipinski definition) is 5. The molecule has 29 heavy (non-hydrogen) atoms. The minimum atomic E-state index is 0.209. The summed E-state index contributed by atoms with van der Waals surface area (Å²) in [6.45, 7) is 2.96. The number of thiophene rings is 1. The third-order valence-electron chi connectivity index (χ3n) is 4.88. The van der Waals surface area contributed by atoms with Crippen LogP contribution in [0.25, 0.3) is 0 Å². The van der Waals surface area contributed by atoms with Crippen LogP contribution in [0.1, 0.15) is 18.4 Å². The molecule has 0 radical (unpaired) electrons. The van der Waals surface area contributed by atoms with Gasteiger partial charge in [-0.1, -0.05) is 12.0 Å². The van der Waals surface area contributed by atoms with E-state index in [1.54, 1.807) is 25.5 Å². The van der Waals surface area contributed by atoms with E-state index in [-0.39, 0.29) is 6.61 Å². The lowest BCUT2D eigenvalue weighted by molar-refractivity contribution is 0.330. The van der Waals surface area contributed by atoms with Gasteiger partial charge >= 0.3 is 0 Å². The van der Waals surface area contributed by atoms with E-state index >= 15 is 0 Å². The zero-order valence-electron chi connectivity index (χ0n) is 17.0. The van der Waals surface area contributed by atoms with Gasteiger partial charge < -0.3 is 25.0 Å². The van der Waals surface area contributed by atoms with Crippen molar-refractivity contribution in [2.24, 2.45) is 4.99 Å². The summed E-state index contributed by atoms with van der Waals surface area (Å²) in [4.78, 5) is 6.82. The van der Waals surface area contributed by atoms with Gasteiger partial charge in [-0.3, -0.25) is 4.99 Å². The van der Waals surface area contributed by atoms with Gasteiger partial charge in [0.25, 0.3) is 0 Å². The number of methoxy groups -OCH3 is 1. The van der Waals surface area contributed by atoms with Gasteiger partial charge in [-0.2, -0.15) is 0 Å². The van der Waals surface area contributed by atoms with Crippen LogP contribution < -0.4 is 25.0 Å². The second-order valence-electron chi connectivity index (χ2n) is 6.76. The molecule has 1 aliphatic heterocycles. The SMILES string of the molecule is C#CCOc1cc(CNC(=NC)NC2CCN(c3cccs3)CC2)ccc1OC. The van der Waals surface area contributed by atoms with E-state index in [9.17, 15) is 0 Å². The van der Waals surface area contributed by atoms with Crippen molar-refractivity contribution in [3.05, 3.63) is 41.3 Å². The number of aliphatic imine (C=N–C) groups is 1. The zero-order valence-corrected chi connectivity index (χ0v) is 17.8. The molecule has 1 fully saturated rings. The normalized spacial score (nSPS) is 14.9. The summed E-state index contributed by atoms with van der Waals surface area (Å²) in [5, 5.41) is 10.4. The molecule has 0 atom stereocenters. The van der Waals surface area contributed by atoms with Crippen LogP contribution in [0.3, 0.4) is 0 Å². The molecule has 7 heteroatoms. The number of guanidine groups is 1. The van der Waals surface area contributed by atoms with Crippen molar-refractivity contribution >= 4 is 22.3 Å². The highest BCUT2D eigenvalue weighted by Crippen LogP contribution is 2.28. The highest BCUT2D eigenvalue weighted by molar-refractivity contribution is 7.14. The third kappa shape index (κ3) is 5.81. The van der Waals surface area contributed by atoms with Crippen molar-refractivity contribution in [2.45, 2.75) is 25.4 Å². The van der Waals surface area contributed by atoms with Gasteiger partial charge in [0.05, 0.1) is 12.1 Å². The Kier molecular flexibility index (Phi) is 7.65. The Hall–Kier alpha value is -2.85. The van der Waals surface area contributed by atoms with Crippen molar-refractivity contribution in [1.29, 1.82) is 0 Å². The first-order valence-electron chi connectivity index (χ1n) is 9.72. The average Bonchev–Trinajstić information content (AvgIpc) is 3.30. The maximum Gasteiger partial charge on any atom is 0.191 e. The summed E-state index contributed by atoms with van der Waals surface area (Å²) in [6.07, 6.45) is 7.47. The predicted octanol–water partition coefficient (Wildman–Crippen LogP) is 3.10. The lowest BCUT2D eigenvalue weighted by Gasteiger charge is -2.33. The maximum atomic E-state index is 5.57.